The third-order valence-electron chi connectivity index (χ3n) is 3.44. The summed E-state index contributed by atoms with van der Waals surface area (Å²) in [6.45, 7) is 5.71. The van der Waals surface area contributed by atoms with E-state index >= 15 is 0 Å². The van der Waals surface area contributed by atoms with E-state index in [4.69, 9.17) is 0 Å². The molecule has 0 unspecified atom stereocenters. The molecule has 2 N–H and O–H groups in total. The molecule has 19 heavy (non-hydrogen) atoms. The van der Waals surface area contributed by atoms with Gasteiger partial charge in [-0.25, -0.2) is 0 Å². The molecular weight excluding hydrogens is 260 g/mol. The summed E-state index contributed by atoms with van der Waals surface area (Å²) < 4.78 is 0. The van der Waals surface area contributed by atoms with Crippen LogP contribution in [0.5, 0.6) is 0 Å². The van der Waals surface area contributed by atoms with Gasteiger partial charge in [-0.1, -0.05) is 18.3 Å². The van der Waals surface area contributed by atoms with Crippen molar-refractivity contribution in [3.8, 4) is 0 Å². The van der Waals surface area contributed by atoms with E-state index in [2.05, 4.69) is 15.5 Å². The third-order valence-corrected chi connectivity index (χ3v) is 4.34. The number of quaternary nitrogens is 1. The number of anilines is 1. The van der Waals surface area contributed by atoms with Crippen molar-refractivity contribution in [1.82, 2.24) is 10.2 Å². The molecule has 2 rings (SSSR count). The first-order chi connectivity index (χ1) is 9.28. The number of piperidine rings is 1. The Hall–Kier alpha value is -1.01. The summed E-state index contributed by atoms with van der Waals surface area (Å²) >= 11 is 1.51. The predicted molar refractivity (Wildman–Crippen MR) is 76.6 cm³/mol. The van der Waals surface area contributed by atoms with E-state index < -0.39 is 0 Å². The zero-order chi connectivity index (χ0) is 13.5. The average molecular weight is 283 g/mol. The molecule has 0 aromatic carbocycles. The third kappa shape index (κ3) is 4.87. The number of hydrogen-bond acceptors (Lipinski definition) is 4. The summed E-state index contributed by atoms with van der Waals surface area (Å²) in [5.74, 6) is 0.0341. The molecule has 0 aliphatic carbocycles. The summed E-state index contributed by atoms with van der Waals surface area (Å²) in [6.07, 6.45) is 6.46. The number of aromatic nitrogens is 2. The highest BCUT2D eigenvalue weighted by Crippen LogP contribution is 2.15. The van der Waals surface area contributed by atoms with Gasteiger partial charge in [0.25, 0.3) is 0 Å². The number of likely N-dealkylation sites (tertiary alicyclic amines) is 1. The molecule has 5 nitrogen and oxygen atoms in total. The highest BCUT2D eigenvalue weighted by Gasteiger charge is 2.14. The number of nitrogens with zero attached hydrogens (tertiary/aromatic N) is 2. The summed E-state index contributed by atoms with van der Waals surface area (Å²) in [5.41, 5.74) is 0. The van der Waals surface area contributed by atoms with Crippen LogP contribution in [0, 0.1) is 0 Å². The second-order valence-electron chi connectivity index (χ2n) is 5.11. The van der Waals surface area contributed by atoms with E-state index in [1.807, 2.05) is 6.92 Å². The zero-order valence-electron chi connectivity index (χ0n) is 11.6. The molecule has 1 saturated heterocycles. The maximum absolute atomic E-state index is 11.5. The van der Waals surface area contributed by atoms with Crippen molar-refractivity contribution in [1.29, 1.82) is 0 Å². The minimum absolute atomic E-state index is 0.0341. The zero-order valence-corrected chi connectivity index (χ0v) is 12.4. The molecule has 2 heterocycles. The second kappa shape index (κ2) is 7.55. The van der Waals surface area contributed by atoms with Crippen LogP contribution in [0.3, 0.4) is 0 Å². The van der Waals surface area contributed by atoms with Crippen molar-refractivity contribution < 1.29 is 9.69 Å². The predicted octanol–water partition coefficient (Wildman–Crippen LogP) is 0.888. The molecule has 6 heteroatoms. The lowest BCUT2D eigenvalue weighted by atomic mass is 10.1. The minimum Gasteiger partial charge on any atom is -0.335 e. The Balaban J connectivity index is 1.75. The Labute approximate surface area is 118 Å². The lowest BCUT2D eigenvalue weighted by Crippen LogP contribution is -3.13. The van der Waals surface area contributed by atoms with Crippen LogP contribution in [0.2, 0.25) is 0 Å². The quantitative estimate of drug-likeness (QED) is 0.815. The van der Waals surface area contributed by atoms with Gasteiger partial charge < -0.3 is 10.2 Å². The molecule has 1 aromatic rings. The summed E-state index contributed by atoms with van der Waals surface area (Å²) in [5, 5.41) is 12.7. The normalized spacial score (nSPS) is 16.5. The summed E-state index contributed by atoms with van der Waals surface area (Å²) in [7, 11) is 0. The molecule has 106 valence electrons. The highest BCUT2D eigenvalue weighted by molar-refractivity contribution is 7.15. The molecule has 1 amide bonds. The van der Waals surface area contributed by atoms with Crippen molar-refractivity contribution in [3.05, 3.63) is 5.01 Å². The van der Waals surface area contributed by atoms with Crippen molar-refractivity contribution in [2.75, 3.05) is 25.0 Å². The minimum atomic E-state index is 0.0341. The van der Waals surface area contributed by atoms with Crippen molar-refractivity contribution in [3.63, 3.8) is 0 Å². The molecule has 0 bridgehead atoms. The maximum Gasteiger partial charge on any atom is 0.226 e. The van der Waals surface area contributed by atoms with E-state index in [-0.39, 0.29) is 5.91 Å². The molecule has 1 aliphatic heterocycles. The summed E-state index contributed by atoms with van der Waals surface area (Å²) in [6, 6.07) is 0. The standard InChI is InChI=1S/C13H22N4OS/c1-2-6-11(18)14-13-16-15-12(19-13)7-10-17-8-4-3-5-9-17/h2-10H2,1H3,(H,14,16,18)/p+1. The number of carbonyl (C=O) groups is 1. The van der Waals surface area contributed by atoms with Crippen LogP contribution in [0.1, 0.15) is 44.0 Å². The van der Waals surface area contributed by atoms with Crippen molar-refractivity contribution in [2.24, 2.45) is 0 Å². The molecule has 0 spiro atoms. The van der Waals surface area contributed by atoms with Crippen LogP contribution in [0.4, 0.5) is 5.13 Å². The maximum atomic E-state index is 11.5. The Kier molecular flexibility index (Phi) is 5.72. The van der Waals surface area contributed by atoms with Gasteiger partial charge >= 0.3 is 0 Å². The van der Waals surface area contributed by atoms with Gasteiger partial charge in [0.05, 0.1) is 26.1 Å². The summed E-state index contributed by atoms with van der Waals surface area (Å²) in [4.78, 5) is 13.1. The van der Waals surface area contributed by atoms with Gasteiger partial charge in [0, 0.05) is 6.42 Å². The fraction of sp³-hybridized carbons (Fsp3) is 0.769. The lowest BCUT2D eigenvalue weighted by molar-refractivity contribution is -0.904. The van der Waals surface area contributed by atoms with Gasteiger partial charge in [-0.3, -0.25) is 4.79 Å². The molecule has 0 atom stereocenters. The number of nitrogens with one attached hydrogen (secondary N) is 2. The van der Waals surface area contributed by atoms with E-state index in [1.165, 1.54) is 43.7 Å². The Bertz CT molecular complexity index is 401. The largest absolute Gasteiger partial charge is 0.335 e. The fourth-order valence-corrected chi connectivity index (χ4v) is 3.15. The number of carbonyl (C=O) groups excluding carboxylic acids is 1. The molecule has 1 aliphatic rings. The molecular formula is C13H23N4OS+. The molecule has 1 aromatic heterocycles. The average Bonchev–Trinajstić information content (AvgIpc) is 2.85. The van der Waals surface area contributed by atoms with Gasteiger partial charge in [0.2, 0.25) is 11.0 Å². The van der Waals surface area contributed by atoms with Crippen LogP contribution >= 0.6 is 11.3 Å². The van der Waals surface area contributed by atoms with Gasteiger partial charge in [-0.2, -0.15) is 0 Å². The Morgan fingerprint density at radius 2 is 2.11 bits per heavy atom. The SMILES string of the molecule is CCCC(=O)Nc1nnc(CC[NH+]2CCCCC2)s1. The highest BCUT2D eigenvalue weighted by atomic mass is 32.1. The first kappa shape index (κ1) is 14.4. The topological polar surface area (TPSA) is 59.3 Å². The van der Waals surface area contributed by atoms with Crippen molar-refractivity contribution >= 4 is 22.4 Å². The molecule has 0 radical (unpaired) electrons. The van der Waals surface area contributed by atoms with E-state index in [9.17, 15) is 4.79 Å². The van der Waals surface area contributed by atoms with Crippen LogP contribution in [-0.4, -0.2) is 35.7 Å². The van der Waals surface area contributed by atoms with Crippen LogP contribution < -0.4 is 10.2 Å². The number of hydrogen-bond donors (Lipinski definition) is 2. The van der Waals surface area contributed by atoms with Crippen LogP contribution in [0.15, 0.2) is 0 Å². The van der Waals surface area contributed by atoms with Crippen molar-refractivity contribution in [2.45, 2.75) is 45.4 Å². The van der Waals surface area contributed by atoms with E-state index in [1.54, 1.807) is 4.90 Å². The van der Waals surface area contributed by atoms with E-state index in [0.29, 0.717) is 11.6 Å². The number of rotatable bonds is 6. The second-order valence-corrected chi connectivity index (χ2v) is 6.17. The van der Waals surface area contributed by atoms with Crippen LogP contribution in [0.25, 0.3) is 0 Å². The van der Waals surface area contributed by atoms with Gasteiger partial charge in [0.1, 0.15) is 5.01 Å². The molecule has 1 fully saturated rings. The Morgan fingerprint density at radius 3 is 2.84 bits per heavy atom. The van der Waals surface area contributed by atoms with E-state index in [0.717, 1.165) is 24.4 Å². The first-order valence-corrected chi connectivity index (χ1v) is 8.05. The molecule has 0 saturated carbocycles. The van der Waals surface area contributed by atoms with Crippen LogP contribution in [-0.2, 0) is 11.2 Å². The van der Waals surface area contributed by atoms with Gasteiger partial charge in [-0.15, -0.1) is 10.2 Å². The smallest absolute Gasteiger partial charge is 0.226 e. The van der Waals surface area contributed by atoms with Gasteiger partial charge in [0.15, 0.2) is 0 Å². The van der Waals surface area contributed by atoms with Gasteiger partial charge in [-0.05, 0) is 25.7 Å². The monoisotopic (exact) mass is 283 g/mol. The fourth-order valence-electron chi connectivity index (χ4n) is 2.40. The number of amides is 1. The lowest BCUT2D eigenvalue weighted by Gasteiger charge is -2.22. The Morgan fingerprint density at radius 1 is 1.32 bits per heavy atom. The first-order valence-electron chi connectivity index (χ1n) is 7.23.